The van der Waals surface area contributed by atoms with Crippen molar-refractivity contribution in [2.75, 3.05) is 5.75 Å². The molecule has 2 atom stereocenters. The van der Waals surface area contributed by atoms with Crippen LogP contribution in [-0.2, 0) is 20.1 Å². The number of rotatable bonds is 12. The van der Waals surface area contributed by atoms with Gasteiger partial charge in [0, 0.05) is 24.1 Å². The van der Waals surface area contributed by atoms with E-state index >= 15 is 0 Å². The van der Waals surface area contributed by atoms with E-state index in [4.69, 9.17) is 10.2 Å². The van der Waals surface area contributed by atoms with Crippen LogP contribution in [-0.4, -0.2) is 62.1 Å². The van der Waals surface area contributed by atoms with Crippen LogP contribution in [0.2, 0.25) is 0 Å². The molecule has 0 saturated carbocycles. The maximum Gasteiger partial charge on any atom is 0.326 e. The minimum Gasteiger partial charge on any atom is -0.481 e. The Morgan fingerprint density at radius 3 is 2.21 bits per heavy atom. The van der Waals surface area contributed by atoms with Gasteiger partial charge < -0.3 is 26.0 Å². The fourth-order valence-electron chi connectivity index (χ4n) is 2.23. The number of carbonyl (C=O) groups excluding carboxylic acids is 1. The molecule has 0 radical (unpaired) electrons. The molecule has 0 aliphatic carbocycles. The lowest BCUT2D eigenvalue weighted by atomic mass is 10.1. The first kappa shape index (κ1) is 23.2. The summed E-state index contributed by atoms with van der Waals surface area (Å²) >= 11 is 1.50. The minimum atomic E-state index is -1.42. The number of aliphatic carboxylic acids is 3. The van der Waals surface area contributed by atoms with E-state index in [0.29, 0.717) is 11.5 Å². The minimum absolute atomic E-state index is 0.143. The van der Waals surface area contributed by atoms with Gasteiger partial charge in [0.25, 0.3) is 0 Å². The summed E-state index contributed by atoms with van der Waals surface area (Å²) in [6.45, 7) is 1.87. The Hall–Kier alpha value is -2.82. The van der Waals surface area contributed by atoms with E-state index < -0.39 is 42.4 Å². The highest BCUT2D eigenvalue weighted by atomic mass is 32.2. The van der Waals surface area contributed by atoms with Gasteiger partial charge in [-0.3, -0.25) is 9.78 Å². The molecule has 0 aliphatic rings. The van der Waals surface area contributed by atoms with Crippen molar-refractivity contribution in [2.24, 2.45) is 0 Å². The van der Waals surface area contributed by atoms with E-state index in [2.05, 4.69) is 15.6 Å². The van der Waals surface area contributed by atoms with E-state index in [-0.39, 0.29) is 12.8 Å². The summed E-state index contributed by atoms with van der Waals surface area (Å²) in [5.41, 5.74) is 1.94. The predicted molar refractivity (Wildman–Crippen MR) is 101 cm³/mol. The smallest absolute Gasteiger partial charge is 0.326 e. The SMILES string of the molecule is Cc1cc(CSCCC(NC(=O)NC(CCC(=O)O)C(=O)O)C(=O)O)ccn1. The van der Waals surface area contributed by atoms with Crippen molar-refractivity contribution < 1.29 is 34.5 Å². The molecule has 0 saturated heterocycles. The van der Waals surface area contributed by atoms with Crippen LogP contribution in [0.1, 0.15) is 30.5 Å². The molecule has 1 heterocycles. The summed E-state index contributed by atoms with van der Waals surface area (Å²) < 4.78 is 0. The number of amides is 2. The van der Waals surface area contributed by atoms with Crippen molar-refractivity contribution in [3.05, 3.63) is 29.6 Å². The largest absolute Gasteiger partial charge is 0.481 e. The number of carboxylic acid groups (broad SMARTS) is 3. The van der Waals surface area contributed by atoms with Gasteiger partial charge >= 0.3 is 23.9 Å². The molecule has 154 valence electrons. The Labute approximate surface area is 165 Å². The van der Waals surface area contributed by atoms with Gasteiger partial charge in [0.1, 0.15) is 12.1 Å². The maximum absolute atomic E-state index is 11.9. The molecule has 5 N–H and O–H groups in total. The summed E-state index contributed by atoms with van der Waals surface area (Å²) in [7, 11) is 0. The highest BCUT2D eigenvalue weighted by Crippen LogP contribution is 2.14. The molecule has 1 aromatic heterocycles. The predicted octanol–water partition coefficient (Wildman–Crippen LogP) is 1.08. The molecule has 1 aromatic rings. The van der Waals surface area contributed by atoms with Gasteiger partial charge in [0.05, 0.1) is 0 Å². The topological polar surface area (TPSA) is 166 Å². The lowest BCUT2D eigenvalue weighted by Crippen LogP contribution is -2.51. The van der Waals surface area contributed by atoms with E-state index in [9.17, 15) is 24.3 Å². The Kier molecular flexibility index (Phi) is 9.79. The Morgan fingerprint density at radius 2 is 1.68 bits per heavy atom. The van der Waals surface area contributed by atoms with Crippen LogP contribution in [0.15, 0.2) is 18.3 Å². The summed E-state index contributed by atoms with van der Waals surface area (Å²) in [6, 6.07) is 0.204. The standard InChI is InChI=1S/C17H23N3O7S/c1-10-8-11(4-6-18-10)9-28-7-5-13(16(25)26)20-17(27)19-12(15(23)24)2-3-14(21)22/h4,6,8,12-13H,2-3,5,7,9H2,1H3,(H,21,22)(H,23,24)(H,25,26)(H2,19,20,27). The monoisotopic (exact) mass is 413 g/mol. The van der Waals surface area contributed by atoms with Crippen molar-refractivity contribution in [2.45, 2.75) is 44.0 Å². The second kappa shape index (κ2) is 11.8. The van der Waals surface area contributed by atoms with Crippen LogP contribution in [0.3, 0.4) is 0 Å². The van der Waals surface area contributed by atoms with E-state index in [0.717, 1.165) is 11.3 Å². The molecular weight excluding hydrogens is 390 g/mol. The van der Waals surface area contributed by atoms with E-state index in [1.165, 1.54) is 11.8 Å². The number of aryl methyl sites for hydroxylation is 1. The van der Waals surface area contributed by atoms with Gasteiger partial charge in [-0.1, -0.05) is 0 Å². The molecule has 10 nitrogen and oxygen atoms in total. The number of urea groups is 1. The first-order chi connectivity index (χ1) is 13.2. The molecule has 2 unspecified atom stereocenters. The molecule has 11 heteroatoms. The number of carboxylic acids is 3. The second-order valence-corrected chi connectivity index (χ2v) is 7.08. The number of hydrogen-bond donors (Lipinski definition) is 5. The van der Waals surface area contributed by atoms with Gasteiger partial charge in [0.2, 0.25) is 0 Å². The number of carbonyl (C=O) groups is 4. The average Bonchev–Trinajstić information content (AvgIpc) is 2.60. The third-order valence-corrected chi connectivity index (χ3v) is 4.70. The lowest BCUT2D eigenvalue weighted by molar-refractivity contribution is -0.140. The normalized spacial score (nSPS) is 12.6. The number of aromatic nitrogens is 1. The molecule has 0 aromatic carbocycles. The quantitative estimate of drug-likeness (QED) is 0.315. The Balaban J connectivity index is 2.47. The summed E-state index contributed by atoms with van der Waals surface area (Å²) in [5.74, 6) is -2.71. The third kappa shape index (κ3) is 9.21. The van der Waals surface area contributed by atoms with Crippen LogP contribution < -0.4 is 10.6 Å². The molecule has 28 heavy (non-hydrogen) atoms. The highest BCUT2D eigenvalue weighted by molar-refractivity contribution is 7.98. The van der Waals surface area contributed by atoms with Crippen LogP contribution in [0.4, 0.5) is 4.79 Å². The van der Waals surface area contributed by atoms with E-state index in [1.54, 1.807) is 6.20 Å². The molecule has 0 bridgehead atoms. The Bertz CT molecular complexity index is 714. The first-order valence-corrected chi connectivity index (χ1v) is 9.58. The lowest BCUT2D eigenvalue weighted by Gasteiger charge is -2.18. The van der Waals surface area contributed by atoms with Crippen molar-refractivity contribution in [3.63, 3.8) is 0 Å². The Morgan fingerprint density at radius 1 is 1.07 bits per heavy atom. The van der Waals surface area contributed by atoms with Gasteiger partial charge in [-0.25, -0.2) is 14.4 Å². The number of nitrogens with one attached hydrogen (secondary N) is 2. The summed E-state index contributed by atoms with van der Waals surface area (Å²) in [4.78, 5) is 48.9. The van der Waals surface area contributed by atoms with Crippen molar-refractivity contribution in [3.8, 4) is 0 Å². The molecule has 1 rings (SSSR count). The molecular formula is C17H23N3O7S. The average molecular weight is 413 g/mol. The fraction of sp³-hybridized carbons (Fsp3) is 0.471. The number of nitrogens with zero attached hydrogens (tertiary/aromatic N) is 1. The van der Waals surface area contributed by atoms with Gasteiger partial charge in [0.15, 0.2) is 0 Å². The van der Waals surface area contributed by atoms with Crippen LogP contribution in [0.5, 0.6) is 0 Å². The van der Waals surface area contributed by atoms with Crippen molar-refractivity contribution in [1.29, 1.82) is 0 Å². The zero-order chi connectivity index (χ0) is 21.1. The van der Waals surface area contributed by atoms with Gasteiger partial charge in [-0.2, -0.15) is 11.8 Å². The first-order valence-electron chi connectivity index (χ1n) is 8.42. The maximum atomic E-state index is 11.9. The van der Waals surface area contributed by atoms with Gasteiger partial charge in [-0.15, -0.1) is 0 Å². The third-order valence-electron chi connectivity index (χ3n) is 3.63. The van der Waals surface area contributed by atoms with Gasteiger partial charge in [-0.05, 0) is 43.2 Å². The number of pyridine rings is 1. The zero-order valence-corrected chi connectivity index (χ0v) is 16.1. The highest BCUT2D eigenvalue weighted by Gasteiger charge is 2.24. The molecule has 0 aliphatic heterocycles. The van der Waals surface area contributed by atoms with Crippen LogP contribution in [0, 0.1) is 6.92 Å². The van der Waals surface area contributed by atoms with Crippen LogP contribution >= 0.6 is 11.8 Å². The zero-order valence-electron chi connectivity index (χ0n) is 15.3. The molecule has 0 fully saturated rings. The molecule has 0 spiro atoms. The summed E-state index contributed by atoms with van der Waals surface area (Å²) in [6.07, 6.45) is 1.09. The number of thioether (sulfide) groups is 1. The fourth-order valence-corrected chi connectivity index (χ4v) is 3.19. The molecule has 2 amide bonds. The van der Waals surface area contributed by atoms with Crippen LogP contribution in [0.25, 0.3) is 0 Å². The van der Waals surface area contributed by atoms with Crippen molar-refractivity contribution >= 4 is 35.7 Å². The number of hydrogen-bond acceptors (Lipinski definition) is 6. The summed E-state index contributed by atoms with van der Waals surface area (Å²) in [5, 5.41) is 31.2. The second-order valence-electron chi connectivity index (χ2n) is 5.98. The van der Waals surface area contributed by atoms with E-state index in [1.807, 2.05) is 19.1 Å². The van der Waals surface area contributed by atoms with Crippen molar-refractivity contribution in [1.82, 2.24) is 15.6 Å².